The molecule has 2 heterocycles. The number of ether oxygens (including phenoxy) is 2. The lowest BCUT2D eigenvalue weighted by molar-refractivity contribution is 0.0341. The van der Waals surface area contributed by atoms with Gasteiger partial charge in [-0.25, -0.2) is 0 Å². The molecule has 2 saturated heterocycles. The standard InChI is InChI=1S/C20H31N3O3/c1-25-16-20(5-7-21-8-6-20)15-22-19(24)18-4-2-3-17(13-18)14-23-9-11-26-12-10-23/h2-4,13,21H,5-12,14-16H2,1H3,(H,22,24). The van der Waals surface area contributed by atoms with Crippen molar-refractivity contribution in [2.75, 3.05) is 59.7 Å². The van der Waals surface area contributed by atoms with Gasteiger partial charge in [0.15, 0.2) is 0 Å². The van der Waals surface area contributed by atoms with Crippen LogP contribution < -0.4 is 10.6 Å². The van der Waals surface area contributed by atoms with E-state index < -0.39 is 0 Å². The van der Waals surface area contributed by atoms with Crippen LogP contribution in [-0.2, 0) is 16.0 Å². The van der Waals surface area contributed by atoms with Crippen LogP contribution in [0.15, 0.2) is 24.3 Å². The van der Waals surface area contributed by atoms with Crippen LogP contribution in [0.4, 0.5) is 0 Å². The van der Waals surface area contributed by atoms with E-state index in [-0.39, 0.29) is 11.3 Å². The zero-order valence-electron chi connectivity index (χ0n) is 15.8. The van der Waals surface area contributed by atoms with Gasteiger partial charge in [0.25, 0.3) is 5.91 Å². The van der Waals surface area contributed by atoms with E-state index in [0.29, 0.717) is 13.2 Å². The number of methoxy groups -OCH3 is 1. The Morgan fingerprint density at radius 2 is 2.08 bits per heavy atom. The largest absolute Gasteiger partial charge is 0.384 e. The highest BCUT2D eigenvalue weighted by Crippen LogP contribution is 2.28. The molecule has 1 aromatic carbocycles. The Kier molecular flexibility index (Phi) is 7.02. The first-order valence-corrected chi connectivity index (χ1v) is 9.58. The van der Waals surface area contributed by atoms with Crippen molar-refractivity contribution in [3.05, 3.63) is 35.4 Å². The monoisotopic (exact) mass is 361 g/mol. The summed E-state index contributed by atoms with van der Waals surface area (Å²) in [6, 6.07) is 7.96. The van der Waals surface area contributed by atoms with E-state index >= 15 is 0 Å². The summed E-state index contributed by atoms with van der Waals surface area (Å²) < 4.78 is 10.8. The molecule has 1 amide bonds. The molecular weight excluding hydrogens is 330 g/mol. The minimum Gasteiger partial charge on any atom is -0.384 e. The summed E-state index contributed by atoms with van der Waals surface area (Å²) in [4.78, 5) is 15.0. The maximum atomic E-state index is 12.7. The molecule has 0 bridgehead atoms. The molecule has 2 aliphatic rings. The third-order valence-corrected chi connectivity index (χ3v) is 5.44. The van der Waals surface area contributed by atoms with Crippen LogP contribution in [0.1, 0.15) is 28.8 Å². The van der Waals surface area contributed by atoms with E-state index in [0.717, 1.165) is 64.3 Å². The van der Waals surface area contributed by atoms with Gasteiger partial charge in [0.1, 0.15) is 0 Å². The minimum atomic E-state index is 0.00263. The number of hydrogen-bond acceptors (Lipinski definition) is 5. The van der Waals surface area contributed by atoms with E-state index in [9.17, 15) is 4.79 Å². The first-order valence-electron chi connectivity index (χ1n) is 9.58. The highest BCUT2D eigenvalue weighted by Gasteiger charge is 2.32. The van der Waals surface area contributed by atoms with Gasteiger partial charge < -0.3 is 20.1 Å². The van der Waals surface area contributed by atoms with E-state index in [1.54, 1.807) is 7.11 Å². The number of piperidine rings is 1. The Labute approximate surface area is 156 Å². The zero-order valence-corrected chi connectivity index (χ0v) is 15.8. The Morgan fingerprint density at radius 3 is 2.81 bits per heavy atom. The number of amides is 1. The van der Waals surface area contributed by atoms with E-state index in [4.69, 9.17) is 9.47 Å². The fourth-order valence-corrected chi connectivity index (χ4v) is 3.83. The third kappa shape index (κ3) is 5.27. The van der Waals surface area contributed by atoms with Crippen molar-refractivity contribution in [3.63, 3.8) is 0 Å². The average molecular weight is 361 g/mol. The highest BCUT2D eigenvalue weighted by molar-refractivity contribution is 5.94. The van der Waals surface area contributed by atoms with E-state index in [1.807, 2.05) is 18.2 Å². The number of morpholine rings is 1. The average Bonchev–Trinajstić information content (AvgIpc) is 2.68. The lowest BCUT2D eigenvalue weighted by atomic mass is 9.79. The summed E-state index contributed by atoms with van der Waals surface area (Å²) in [5, 5.41) is 6.53. The number of nitrogens with one attached hydrogen (secondary N) is 2. The molecule has 6 nitrogen and oxygen atoms in total. The zero-order chi connectivity index (χ0) is 18.2. The molecule has 26 heavy (non-hydrogen) atoms. The summed E-state index contributed by atoms with van der Waals surface area (Å²) >= 11 is 0. The smallest absolute Gasteiger partial charge is 0.251 e. The van der Waals surface area contributed by atoms with E-state index in [1.165, 1.54) is 5.56 Å². The molecule has 0 unspecified atom stereocenters. The molecule has 1 aromatic rings. The Hall–Kier alpha value is -1.47. The van der Waals surface area contributed by atoms with Gasteiger partial charge in [-0.2, -0.15) is 0 Å². The maximum absolute atomic E-state index is 12.7. The maximum Gasteiger partial charge on any atom is 0.251 e. The molecule has 3 rings (SSSR count). The van der Waals surface area contributed by atoms with Crippen molar-refractivity contribution in [1.29, 1.82) is 0 Å². The quantitative estimate of drug-likeness (QED) is 0.766. The second kappa shape index (κ2) is 9.46. The lowest BCUT2D eigenvalue weighted by Crippen LogP contribution is -2.47. The van der Waals surface area contributed by atoms with Crippen LogP contribution in [0.5, 0.6) is 0 Å². The van der Waals surface area contributed by atoms with Gasteiger partial charge in [-0.15, -0.1) is 0 Å². The molecule has 6 heteroatoms. The molecular formula is C20H31N3O3. The number of rotatable bonds is 7. The number of benzene rings is 1. The Morgan fingerprint density at radius 1 is 1.31 bits per heavy atom. The van der Waals surface area contributed by atoms with Gasteiger partial charge in [0.05, 0.1) is 19.8 Å². The van der Waals surface area contributed by atoms with Gasteiger partial charge in [-0.1, -0.05) is 12.1 Å². The molecule has 0 radical (unpaired) electrons. The SMILES string of the molecule is COCC1(CNC(=O)c2cccc(CN3CCOCC3)c2)CCNCC1. The first-order chi connectivity index (χ1) is 12.7. The predicted octanol–water partition coefficient (Wildman–Crippen LogP) is 1.26. The Bertz CT molecular complexity index is 576. The van der Waals surface area contributed by atoms with Crippen LogP contribution in [0.25, 0.3) is 0 Å². The van der Waals surface area contributed by atoms with Crippen LogP contribution in [-0.4, -0.2) is 70.5 Å². The van der Waals surface area contributed by atoms with Crippen molar-refractivity contribution >= 4 is 5.91 Å². The topological polar surface area (TPSA) is 62.8 Å². The fourth-order valence-electron chi connectivity index (χ4n) is 3.83. The van der Waals surface area contributed by atoms with Crippen LogP contribution >= 0.6 is 0 Å². The summed E-state index contributed by atoms with van der Waals surface area (Å²) in [7, 11) is 1.74. The second-order valence-corrected chi connectivity index (χ2v) is 7.45. The van der Waals surface area contributed by atoms with Gasteiger partial charge >= 0.3 is 0 Å². The van der Waals surface area contributed by atoms with Crippen LogP contribution in [0, 0.1) is 5.41 Å². The summed E-state index contributed by atoms with van der Waals surface area (Å²) in [6.45, 7) is 7.65. The van der Waals surface area contributed by atoms with Crippen molar-refractivity contribution in [3.8, 4) is 0 Å². The van der Waals surface area contributed by atoms with Gasteiger partial charge in [0.2, 0.25) is 0 Å². The number of carbonyl (C=O) groups is 1. The lowest BCUT2D eigenvalue weighted by Gasteiger charge is -2.37. The number of hydrogen-bond donors (Lipinski definition) is 2. The second-order valence-electron chi connectivity index (χ2n) is 7.45. The molecule has 144 valence electrons. The van der Waals surface area contributed by atoms with Gasteiger partial charge in [0, 0.05) is 44.3 Å². The van der Waals surface area contributed by atoms with Gasteiger partial charge in [-0.3, -0.25) is 9.69 Å². The van der Waals surface area contributed by atoms with Crippen LogP contribution in [0.2, 0.25) is 0 Å². The molecule has 0 spiro atoms. The summed E-state index contributed by atoms with van der Waals surface area (Å²) in [5.41, 5.74) is 1.95. The van der Waals surface area contributed by atoms with Crippen molar-refractivity contribution in [2.24, 2.45) is 5.41 Å². The minimum absolute atomic E-state index is 0.00263. The predicted molar refractivity (Wildman–Crippen MR) is 101 cm³/mol. The Balaban J connectivity index is 1.57. The summed E-state index contributed by atoms with van der Waals surface area (Å²) in [6.07, 6.45) is 2.05. The van der Waals surface area contributed by atoms with Crippen molar-refractivity contribution in [2.45, 2.75) is 19.4 Å². The molecule has 0 atom stereocenters. The summed E-state index contributed by atoms with van der Waals surface area (Å²) in [5.74, 6) is 0.00263. The van der Waals surface area contributed by atoms with Gasteiger partial charge in [-0.05, 0) is 43.6 Å². The molecule has 2 N–H and O–H groups in total. The normalized spacial score (nSPS) is 20.7. The van der Waals surface area contributed by atoms with Crippen LogP contribution in [0.3, 0.4) is 0 Å². The number of nitrogens with zero attached hydrogens (tertiary/aromatic N) is 1. The third-order valence-electron chi connectivity index (χ3n) is 5.44. The molecule has 0 aliphatic carbocycles. The molecule has 0 aromatic heterocycles. The first kappa shape index (κ1) is 19.3. The fraction of sp³-hybridized carbons (Fsp3) is 0.650. The molecule has 0 saturated carbocycles. The van der Waals surface area contributed by atoms with E-state index in [2.05, 4.69) is 21.6 Å². The highest BCUT2D eigenvalue weighted by atomic mass is 16.5. The molecule has 2 aliphatic heterocycles. The van der Waals surface area contributed by atoms with Crippen molar-refractivity contribution in [1.82, 2.24) is 15.5 Å². The number of carbonyl (C=O) groups excluding carboxylic acids is 1. The molecule has 2 fully saturated rings. The van der Waals surface area contributed by atoms with Crippen molar-refractivity contribution < 1.29 is 14.3 Å².